The summed E-state index contributed by atoms with van der Waals surface area (Å²) in [7, 11) is 0. The molecule has 36 heavy (non-hydrogen) atoms. The lowest BCUT2D eigenvalue weighted by Crippen LogP contribution is -2.36. The number of halogens is 1. The van der Waals surface area contributed by atoms with E-state index in [9.17, 15) is 0 Å². The summed E-state index contributed by atoms with van der Waals surface area (Å²) in [6.07, 6.45) is -0.381. The van der Waals surface area contributed by atoms with Gasteiger partial charge in [-0.25, -0.2) is 9.98 Å². The van der Waals surface area contributed by atoms with Crippen LogP contribution in [-0.2, 0) is 0 Å². The lowest BCUT2D eigenvalue weighted by atomic mass is 10.0. The Balaban J connectivity index is 1.44. The van der Waals surface area contributed by atoms with Crippen molar-refractivity contribution in [1.29, 1.82) is 0 Å². The smallest absolute Gasteiger partial charge is 0.169 e. The number of aliphatic imine (C=N–C) groups is 2. The van der Waals surface area contributed by atoms with Crippen LogP contribution in [0.5, 0.6) is 0 Å². The molecular formula is C31H20ClN3O. The number of nitrogens with zero attached hydrogens (tertiary/aromatic N) is 2. The van der Waals surface area contributed by atoms with Crippen LogP contribution in [0.15, 0.2) is 124 Å². The van der Waals surface area contributed by atoms with Gasteiger partial charge in [-0.2, -0.15) is 0 Å². The molecule has 0 amide bonds. The molecule has 0 bridgehead atoms. The third-order valence-electron chi connectivity index (χ3n) is 6.59. The summed E-state index contributed by atoms with van der Waals surface area (Å²) >= 11 is 6.28. The van der Waals surface area contributed by atoms with Gasteiger partial charge in [0.15, 0.2) is 6.17 Å². The quantitative estimate of drug-likeness (QED) is 0.277. The molecule has 1 atom stereocenters. The van der Waals surface area contributed by atoms with E-state index in [4.69, 9.17) is 26.0 Å². The Morgan fingerprint density at radius 1 is 0.639 bits per heavy atom. The van der Waals surface area contributed by atoms with Gasteiger partial charge in [-0.1, -0.05) is 96.5 Å². The lowest BCUT2D eigenvalue weighted by Gasteiger charge is -2.23. The van der Waals surface area contributed by atoms with E-state index < -0.39 is 0 Å². The minimum atomic E-state index is -0.381. The largest absolute Gasteiger partial charge is 0.456 e. The van der Waals surface area contributed by atoms with Crippen LogP contribution in [-0.4, -0.2) is 11.7 Å². The summed E-state index contributed by atoms with van der Waals surface area (Å²) in [6, 6.07) is 36.5. The van der Waals surface area contributed by atoms with Gasteiger partial charge in [-0.3, -0.25) is 0 Å². The van der Waals surface area contributed by atoms with Gasteiger partial charge in [0, 0.05) is 26.9 Å². The predicted molar refractivity (Wildman–Crippen MR) is 148 cm³/mol. The molecule has 6 aromatic rings. The SMILES string of the molecule is Clc1ccc2c(C3=NC(c4ccccc4)N=C(c4cccc5oc6ccccc6c45)N3)cccc2c1. The van der Waals surface area contributed by atoms with Crippen molar-refractivity contribution in [3.05, 3.63) is 131 Å². The average Bonchev–Trinajstić information content (AvgIpc) is 3.32. The van der Waals surface area contributed by atoms with Crippen molar-refractivity contribution in [2.75, 3.05) is 0 Å². The van der Waals surface area contributed by atoms with Crippen LogP contribution in [0.1, 0.15) is 22.9 Å². The number of benzene rings is 5. The minimum absolute atomic E-state index is 0.381. The van der Waals surface area contributed by atoms with Crippen LogP contribution in [0.3, 0.4) is 0 Å². The third kappa shape index (κ3) is 3.46. The van der Waals surface area contributed by atoms with E-state index in [0.717, 1.165) is 61.1 Å². The second kappa shape index (κ2) is 8.36. The first kappa shape index (κ1) is 20.9. The molecule has 2 heterocycles. The maximum atomic E-state index is 6.28. The fourth-order valence-electron chi connectivity index (χ4n) is 4.93. The van der Waals surface area contributed by atoms with E-state index in [1.165, 1.54) is 0 Å². The Morgan fingerprint density at radius 2 is 1.36 bits per heavy atom. The number of nitrogens with one attached hydrogen (secondary N) is 1. The van der Waals surface area contributed by atoms with Crippen molar-refractivity contribution in [2.45, 2.75) is 6.17 Å². The molecule has 0 saturated carbocycles. The standard InChI is InChI=1S/C31H20ClN3O/c32-21-16-17-22-20(18-21)10-6-12-23(22)30-33-29(19-8-2-1-3-9-19)34-31(35-30)25-13-7-15-27-28(25)24-11-4-5-14-26(24)36-27/h1-18,29H,(H,33,34,35). The molecular weight excluding hydrogens is 466 g/mol. The molecule has 1 aliphatic heterocycles. The minimum Gasteiger partial charge on any atom is -0.456 e. The van der Waals surface area contributed by atoms with Gasteiger partial charge >= 0.3 is 0 Å². The zero-order valence-corrected chi connectivity index (χ0v) is 19.9. The first-order chi connectivity index (χ1) is 17.7. The summed E-state index contributed by atoms with van der Waals surface area (Å²) in [4.78, 5) is 10.1. The fourth-order valence-corrected chi connectivity index (χ4v) is 5.11. The maximum Gasteiger partial charge on any atom is 0.169 e. The van der Waals surface area contributed by atoms with Crippen LogP contribution < -0.4 is 5.32 Å². The maximum absolute atomic E-state index is 6.28. The second-order valence-electron chi connectivity index (χ2n) is 8.81. The van der Waals surface area contributed by atoms with E-state index in [1.807, 2.05) is 72.8 Å². The summed E-state index contributed by atoms with van der Waals surface area (Å²) in [5, 5.41) is 8.52. The topological polar surface area (TPSA) is 49.9 Å². The van der Waals surface area contributed by atoms with Gasteiger partial charge in [0.25, 0.3) is 0 Å². The van der Waals surface area contributed by atoms with Crippen molar-refractivity contribution < 1.29 is 4.42 Å². The van der Waals surface area contributed by atoms with Gasteiger partial charge in [0.1, 0.15) is 22.8 Å². The molecule has 1 aliphatic rings. The highest BCUT2D eigenvalue weighted by atomic mass is 35.5. The molecule has 0 saturated heterocycles. The van der Waals surface area contributed by atoms with E-state index in [1.54, 1.807) is 0 Å². The van der Waals surface area contributed by atoms with E-state index in [0.29, 0.717) is 5.02 Å². The molecule has 1 aromatic heterocycles. The average molecular weight is 486 g/mol. The molecule has 172 valence electrons. The highest BCUT2D eigenvalue weighted by Gasteiger charge is 2.24. The Bertz CT molecular complexity index is 1840. The molecule has 0 aliphatic carbocycles. The van der Waals surface area contributed by atoms with Crippen LogP contribution in [0.2, 0.25) is 5.02 Å². The van der Waals surface area contributed by atoms with Crippen LogP contribution in [0.25, 0.3) is 32.7 Å². The van der Waals surface area contributed by atoms with Gasteiger partial charge in [-0.15, -0.1) is 0 Å². The Labute approximate surface area is 212 Å². The Kier molecular flexibility index (Phi) is 4.86. The van der Waals surface area contributed by atoms with E-state index in [2.05, 4.69) is 41.7 Å². The zero-order chi connectivity index (χ0) is 24.1. The van der Waals surface area contributed by atoms with Crippen LogP contribution in [0, 0.1) is 0 Å². The number of fused-ring (bicyclic) bond motifs is 4. The molecule has 0 spiro atoms. The molecule has 1 N–H and O–H groups in total. The van der Waals surface area contributed by atoms with Gasteiger partial charge < -0.3 is 9.73 Å². The second-order valence-corrected chi connectivity index (χ2v) is 9.25. The van der Waals surface area contributed by atoms with E-state index in [-0.39, 0.29) is 6.17 Å². The molecule has 5 heteroatoms. The van der Waals surface area contributed by atoms with Crippen molar-refractivity contribution in [2.24, 2.45) is 9.98 Å². The highest BCUT2D eigenvalue weighted by Crippen LogP contribution is 2.33. The highest BCUT2D eigenvalue weighted by molar-refractivity contribution is 6.31. The predicted octanol–water partition coefficient (Wildman–Crippen LogP) is 7.89. The first-order valence-electron chi connectivity index (χ1n) is 11.8. The molecule has 5 aromatic carbocycles. The van der Waals surface area contributed by atoms with Crippen LogP contribution in [0.4, 0.5) is 0 Å². The Hall–Kier alpha value is -4.41. The van der Waals surface area contributed by atoms with Crippen molar-refractivity contribution in [1.82, 2.24) is 5.32 Å². The Morgan fingerprint density at radius 3 is 2.25 bits per heavy atom. The normalized spacial score (nSPS) is 15.6. The van der Waals surface area contributed by atoms with E-state index >= 15 is 0 Å². The van der Waals surface area contributed by atoms with Crippen molar-refractivity contribution >= 4 is 56.0 Å². The lowest BCUT2D eigenvalue weighted by molar-refractivity contribution is 0.669. The fraction of sp³-hybridized carbons (Fsp3) is 0.0323. The molecule has 1 unspecified atom stereocenters. The van der Waals surface area contributed by atoms with Gasteiger partial charge in [-0.05, 0) is 40.6 Å². The number of hydrogen-bond acceptors (Lipinski definition) is 4. The molecule has 7 rings (SSSR count). The number of para-hydroxylation sites is 1. The van der Waals surface area contributed by atoms with Crippen molar-refractivity contribution in [3.8, 4) is 0 Å². The van der Waals surface area contributed by atoms with Crippen LogP contribution >= 0.6 is 11.6 Å². The number of hydrogen-bond donors (Lipinski definition) is 1. The zero-order valence-electron chi connectivity index (χ0n) is 19.2. The summed E-state index contributed by atoms with van der Waals surface area (Å²) in [5.74, 6) is 1.53. The number of furan rings is 1. The van der Waals surface area contributed by atoms with Crippen molar-refractivity contribution in [3.63, 3.8) is 0 Å². The monoisotopic (exact) mass is 485 g/mol. The van der Waals surface area contributed by atoms with Gasteiger partial charge in [0.05, 0.1) is 0 Å². The molecule has 0 radical (unpaired) electrons. The van der Waals surface area contributed by atoms with Gasteiger partial charge in [0.2, 0.25) is 0 Å². The first-order valence-corrected chi connectivity index (χ1v) is 12.2. The third-order valence-corrected chi connectivity index (χ3v) is 6.83. The summed E-state index contributed by atoms with van der Waals surface area (Å²) in [5.41, 5.74) is 4.70. The molecule has 0 fully saturated rings. The number of amidine groups is 2. The molecule has 4 nitrogen and oxygen atoms in total. The summed E-state index contributed by atoms with van der Waals surface area (Å²) in [6.45, 7) is 0. The number of rotatable bonds is 3. The summed E-state index contributed by atoms with van der Waals surface area (Å²) < 4.78 is 6.15.